The molecule has 0 bridgehead atoms. The Labute approximate surface area is 82.6 Å². The SMILES string of the molecule is CC(O)CCCOS(=O)(=O)CC(=O)O. The summed E-state index contributed by atoms with van der Waals surface area (Å²) >= 11 is 0. The van der Waals surface area contributed by atoms with Crippen molar-refractivity contribution in [1.82, 2.24) is 0 Å². The third kappa shape index (κ3) is 7.96. The van der Waals surface area contributed by atoms with Crippen LogP contribution >= 0.6 is 0 Å². The Morgan fingerprint density at radius 3 is 2.50 bits per heavy atom. The summed E-state index contributed by atoms with van der Waals surface area (Å²) in [6.07, 6.45) is 0.278. The van der Waals surface area contributed by atoms with E-state index in [4.69, 9.17) is 10.2 Å². The summed E-state index contributed by atoms with van der Waals surface area (Å²) in [7, 11) is -3.96. The first kappa shape index (κ1) is 13.3. The van der Waals surface area contributed by atoms with Gasteiger partial charge in [-0.2, -0.15) is 8.42 Å². The van der Waals surface area contributed by atoms with Gasteiger partial charge in [-0.25, -0.2) is 0 Å². The molecule has 0 radical (unpaired) electrons. The summed E-state index contributed by atoms with van der Waals surface area (Å²) in [6, 6.07) is 0. The van der Waals surface area contributed by atoms with E-state index < -0.39 is 27.9 Å². The summed E-state index contributed by atoms with van der Waals surface area (Å²) < 4.78 is 26.0. The van der Waals surface area contributed by atoms with Gasteiger partial charge in [-0.05, 0) is 19.8 Å². The Hall–Kier alpha value is -0.660. The summed E-state index contributed by atoms with van der Waals surface area (Å²) in [6.45, 7) is 1.48. The lowest BCUT2D eigenvalue weighted by Crippen LogP contribution is -2.18. The highest BCUT2D eigenvalue weighted by molar-refractivity contribution is 7.87. The van der Waals surface area contributed by atoms with Gasteiger partial charge in [0.05, 0.1) is 12.7 Å². The molecule has 0 spiro atoms. The first-order chi connectivity index (χ1) is 6.33. The predicted octanol–water partition coefficient (Wildman–Crippen LogP) is -0.422. The zero-order valence-electron chi connectivity index (χ0n) is 7.84. The van der Waals surface area contributed by atoms with Gasteiger partial charge in [0.15, 0.2) is 5.75 Å². The fourth-order valence-electron chi connectivity index (χ4n) is 0.758. The standard InChI is InChI=1S/C7H14O6S/c1-6(8)3-2-4-13-14(11,12)5-7(9)10/h6,8H,2-5H2,1H3,(H,9,10). The lowest BCUT2D eigenvalue weighted by Gasteiger charge is -2.04. The van der Waals surface area contributed by atoms with Crippen molar-refractivity contribution in [2.45, 2.75) is 25.9 Å². The topological polar surface area (TPSA) is 101 Å². The van der Waals surface area contributed by atoms with Crippen molar-refractivity contribution in [3.63, 3.8) is 0 Å². The molecule has 6 nitrogen and oxygen atoms in total. The molecule has 1 unspecified atom stereocenters. The molecule has 7 heteroatoms. The summed E-state index contributed by atoms with van der Waals surface area (Å²) in [5, 5.41) is 17.0. The highest BCUT2D eigenvalue weighted by Crippen LogP contribution is 2.00. The van der Waals surface area contributed by atoms with Gasteiger partial charge in [0.1, 0.15) is 0 Å². The molecular formula is C7H14O6S. The number of hydrogen-bond donors (Lipinski definition) is 2. The van der Waals surface area contributed by atoms with Gasteiger partial charge in [-0.3, -0.25) is 8.98 Å². The molecule has 0 fully saturated rings. The molecule has 14 heavy (non-hydrogen) atoms. The van der Waals surface area contributed by atoms with Crippen LogP contribution in [-0.4, -0.2) is 43.1 Å². The highest BCUT2D eigenvalue weighted by atomic mass is 32.2. The average Bonchev–Trinajstić information content (AvgIpc) is 1.95. The van der Waals surface area contributed by atoms with Crippen LogP contribution in [0.1, 0.15) is 19.8 Å². The Kier molecular flexibility index (Phi) is 5.66. The monoisotopic (exact) mass is 226 g/mol. The second-order valence-electron chi connectivity index (χ2n) is 2.91. The molecule has 0 saturated heterocycles. The van der Waals surface area contributed by atoms with E-state index >= 15 is 0 Å². The van der Waals surface area contributed by atoms with Crippen LogP contribution < -0.4 is 0 Å². The van der Waals surface area contributed by atoms with Crippen molar-refractivity contribution in [3.8, 4) is 0 Å². The van der Waals surface area contributed by atoms with E-state index in [0.29, 0.717) is 12.8 Å². The van der Waals surface area contributed by atoms with E-state index in [9.17, 15) is 13.2 Å². The number of rotatable bonds is 7. The zero-order valence-corrected chi connectivity index (χ0v) is 8.66. The Morgan fingerprint density at radius 2 is 2.07 bits per heavy atom. The third-order valence-electron chi connectivity index (χ3n) is 1.33. The third-order valence-corrected chi connectivity index (χ3v) is 2.46. The molecule has 0 aromatic rings. The second-order valence-corrected chi connectivity index (χ2v) is 4.55. The predicted molar refractivity (Wildman–Crippen MR) is 48.3 cm³/mol. The molecule has 0 aliphatic carbocycles. The van der Waals surface area contributed by atoms with Gasteiger partial charge in [0, 0.05) is 0 Å². The molecule has 0 rings (SSSR count). The molecule has 1 atom stereocenters. The number of aliphatic hydroxyl groups excluding tert-OH is 1. The molecule has 0 heterocycles. The number of carbonyl (C=O) groups is 1. The van der Waals surface area contributed by atoms with E-state index in [0.717, 1.165) is 0 Å². The first-order valence-corrected chi connectivity index (χ1v) is 5.68. The van der Waals surface area contributed by atoms with Gasteiger partial charge in [-0.15, -0.1) is 0 Å². The number of carboxylic acid groups (broad SMARTS) is 1. The number of carboxylic acids is 1. The summed E-state index contributed by atoms with van der Waals surface area (Å²) in [4.78, 5) is 10.1. The minimum absolute atomic E-state index is 0.0967. The molecule has 84 valence electrons. The van der Waals surface area contributed by atoms with Crippen LogP contribution in [0, 0.1) is 0 Å². The van der Waals surface area contributed by atoms with Crippen molar-refractivity contribution >= 4 is 16.1 Å². The van der Waals surface area contributed by atoms with E-state index in [1.54, 1.807) is 6.92 Å². The van der Waals surface area contributed by atoms with Crippen LogP contribution in [0.15, 0.2) is 0 Å². The van der Waals surface area contributed by atoms with Gasteiger partial charge in [0.2, 0.25) is 0 Å². The fraction of sp³-hybridized carbons (Fsp3) is 0.857. The van der Waals surface area contributed by atoms with Crippen LogP contribution in [-0.2, 0) is 19.1 Å². The zero-order chi connectivity index (χ0) is 11.2. The van der Waals surface area contributed by atoms with Crippen molar-refractivity contribution in [1.29, 1.82) is 0 Å². The van der Waals surface area contributed by atoms with Crippen molar-refractivity contribution in [3.05, 3.63) is 0 Å². The van der Waals surface area contributed by atoms with Crippen molar-refractivity contribution in [2.24, 2.45) is 0 Å². The molecule has 0 aliphatic rings. The lowest BCUT2D eigenvalue weighted by molar-refractivity contribution is -0.134. The van der Waals surface area contributed by atoms with Crippen LogP contribution in [0.4, 0.5) is 0 Å². The molecule has 2 N–H and O–H groups in total. The number of aliphatic hydroxyl groups is 1. The second kappa shape index (κ2) is 5.94. The Morgan fingerprint density at radius 1 is 1.50 bits per heavy atom. The minimum Gasteiger partial charge on any atom is -0.480 e. The first-order valence-electron chi connectivity index (χ1n) is 4.10. The average molecular weight is 226 g/mol. The van der Waals surface area contributed by atoms with E-state index in [-0.39, 0.29) is 6.61 Å². The normalized spacial score (nSPS) is 13.9. The van der Waals surface area contributed by atoms with Crippen LogP contribution in [0.5, 0.6) is 0 Å². The van der Waals surface area contributed by atoms with Crippen LogP contribution in [0.2, 0.25) is 0 Å². The molecular weight excluding hydrogens is 212 g/mol. The molecule has 0 amide bonds. The smallest absolute Gasteiger partial charge is 0.321 e. The maximum Gasteiger partial charge on any atom is 0.321 e. The molecule has 0 aliphatic heterocycles. The fourth-order valence-corrected chi connectivity index (χ4v) is 1.52. The van der Waals surface area contributed by atoms with E-state index in [1.165, 1.54) is 0 Å². The number of hydrogen-bond acceptors (Lipinski definition) is 5. The lowest BCUT2D eigenvalue weighted by atomic mass is 10.2. The van der Waals surface area contributed by atoms with Crippen molar-refractivity contribution < 1.29 is 27.6 Å². The number of aliphatic carboxylic acids is 1. The van der Waals surface area contributed by atoms with Crippen LogP contribution in [0.25, 0.3) is 0 Å². The summed E-state index contributed by atoms with van der Waals surface area (Å²) in [5.74, 6) is -2.47. The minimum atomic E-state index is -3.96. The summed E-state index contributed by atoms with van der Waals surface area (Å²) in [5.41, 5.74) is 0. The molecule has 0 saturated carbocycles. The van der Waals surface area contributed by atoms with Gasteiger partial charge >= 0.3 is 5.97 Å². The van der Waals surface area contributed by atoms with Crippen LogP contribution in [0.3, 0.4) is 0 Å². The van der Waals surface area contributed by atoms with Gasteiger partial charge in [0.25, 0.3) is 10.1 Å². The van der Waals surface area contributed by atoms with Gasteiger partial charge < -0.3 is 10.2 Å². The van der Waals surface area contributed by atoms with E-state index in [1.807, 2.05) is 0 Å². The van der Waals surface area contributed by atoms with E-state index in [2.05, 4.69) is 4.18 Å². The maximum absolute atomic E-state index is 10.8. The molecule has 0 aromatic carbocycles. The molecule has 0 aromatic heterocycles. The van der Waals surface area contributed by atoms with Crippen molar-refractivity contribution in [2.75, 3.05) is 12.4 Å². The largest absolute Gasteiger partial charge is 0.480 e. The van der Waals surface area contributed by atoms with Gasteiger partial charge in [-0.1, -0.05) is 0 Å². The maximum atomic E-state index is 10.8. The highest BCUT2D eigenvalue weighted by Gasteiger charge is 2.15. The quantitative estimate of drug-likeness (QED) is 0.451. The Balaban J connectivity index is 3.72. The Bertz CT molecular complexity index is 268.